The molecule has 7 aromatic carbocycles. The first kappa shape index (κ1) is 58.0. The van der Waals surface area contributed by atoms with E-state index < -0.39 is 0 Å². The lowest BCUT2D eigenvalue weighted by atomic mass is 9.91. The van der Waals surface area contributed by atoms with Crippen molar-refractivity contribution in [2.24, 2.45) is 0 Å². The highest BCUT2D eigenvalue weighted by molar-refractivity contribution is 5.90. The second-order valence-electron chi connectivity index (χ2n) is 22.8. The highest BCUT2D eigenvalue weighted by Crippen LogP contribution is 2.45. The van der Waals surface area contributed by atoms with Gasteiger partial charge < -0.3 is 4.90 Å². The molecule has 0 radical (unpaired) electrons. The average Bonchev–Trinajstić information content (AvgIpc) is 3.44. The maximum atomic E-state index is 2.64. The third-order valence-electron chi connectivity index (χ3n) is 16.0. The summed E-state index contributed by atoms with van der Waals surface area (Å²) in [5, 5.41) is 0. The van der Waals surface area contributed by atoms with Gasteiger partial charge in [-0.15, -0.1) is 0 Å². The number of hydrogen-bond donors (Lipinski definition) is 0. The molecule has 0 unspecified atom stereocenters. The van der Waals surface area contributed by atoms with E-state index in [1.807, 2.05) is 0 Å². The van der Waals surface area contributed by atoms with Crippen molar-refractivity contribution in [1.29, 1.82) is 0 Å². The third kappa shape index (κ3) is 17.2. The Kier molecular flexibility index (Phi) is 23.6. The Balaban J connectivity index is 1.48. The molecule has 0 N–H and O–H groups in total. The van der Waals surface area contributed by atoms with E-state index in [4.69, 9.17) is 0 Å². The number of nitrogens with zero attached hydrogens (tertiary/aromatic N) is 1. The second kappa shape index (κ2) is 30.9. The molecule has 76 heavy (non-hydrogen) atoms. The predicted octanol–water partition coefficient (Wildman–Crippen LogP) is 23.4. The van der Waals surface area contributed by atoms with Gasteiger partial charge in [-0.2, -0.15) is 0 Å². The van der Waals surface area contributed by atoms with Crippen molar-refractivity contribution in [3.8, 4) is 44.5 Å². The summed E-state index contributed by atoms with van der Waals surface area (Å²) in [7, 11) is 0. The van der Waals surface area contributed by atoms with Crippen molar-refractivity contribution in [2.45, 2.75) is 216 Å². The lowest BCUT2D eigenvalue weighted by Crippen LogP contribution is -2.14. The van der Waals surface area contributed by atoms with Crippen molar-refractivity contribution >= 4 is 17.1 Å². The normalized spacial score (nSPS) is 11.4. The SMILES string of the molecule is CCCCCCc1cccc(-c2cc(-c3cccc(CCCCCC)c3)cc(N(c3cc(-c4cccc(CCCCCC)c4)cc(-c4cc(CCCCCC)cc(CCCCCC)c4)c3)c3c(C)cc(C)cc3C)c2)c1. The molecule has 0 aliphatic carbocycles. The van der Waals surface area contributed by atoms with Gasteiger partial charge in [0, 0.05) is 11.4 Å². The first-order valence-corrected chi connectivity index (χ1v) is 30.8. The summed E-state index contributed by atoms with van der Waals surface area (Å²) in [6, 6.07) is 55.9. The van der Waals surface area contributed by atoms with E-state index in [0.717, 1.165) is 32.1 Å². The molecule has 0 fully saturated rings. The Hall–Kier alpha value is -5.66. The van der Waals surface area contributed by atoms with Gasteiger partial charge in [-0.05, 0) is 205 Å². The van der Waals surface area contributed by atoms with Crippen LogP contribution >= 0.6 is 0 Å². The van der Waals surface area contributed by atoms with E-state index in [1.165, 1.54) is 234 Å². The average molecular weight is 1010 g/mol. The highest BCUT2D eigenvalue weighted by atomic mass is 15.1. The van der Waals surface area contributed by atoms with E-state index in [0.29, 0.717) is 0 Å². The third-order valence-corrected chi connectivity index (χ3v) is 16.0. The van der Waals surface area contributed by atoms with Gasteiger partial charge in [0.25, 0.3) is 0 Å². The molecule has 7 rings (SSSR count). The standard InChI is InChI=1S/C75H97N/c1-9-14-19-24-32-60-37-29-40-65(46-60)69-51-70(66-41-30-38-61(47-66)33-25-20-15-10-2)54-73(53-69)76(75-58(7)43-57(6)44-59(75)8)74-55-71(67-42-31-39-62(48-67)34-26-21-16-11-3)52-72(56-74)68-49-63(35-27-22-17-12-4)45-64(50-68)36-28-23-18-13-5/h29-31,37-56H,9-28,32-36H2,1-8H3. The van der Waals surface area contributed by atoms with Crippen LogP contribution in [0, 0.1) is 20.8 Å². The summed E-state index contributed by atoms with van der Waals surface area (Å²) in [5.41, 5.74) is 25.1. The first-order chi connectivity index (χ1) is 37.2. The molecule has 0 amide bonds. The molecule has 0 aromatic heterocycles. The Bertz CT molecular complexity index is 2730. The van der Waals surface area contributed by atoms with Crippen LogP contribution in [0.25, 0.3) is 44.5 Å². The molecule has 0 aliphatic rings. The van der Waals surface area contributed by atoms with Crippen LogP contribution in [-0.4, -0.2) is 0 Å². The molecule has 0 saturated carbocycles. The van der Waals surface area contributed by atoms with E-state index in [9.17, 15) is 0 Å². The molecule has 1 heteroatoms. The number of rotatable bonds is 32. The van der Waals surface area contributed by atoms with Crippen molar-refractivity contribution in [1.82, 2.24) is 0 Å². The van der Waals surface area contributed by atoms with Gasteiger partial charge in [0.05, 0.1) is 5.69 Å². The molecule has 0 heterocycles. The van der Waals surface area contributed by atoms with Gasteiger partial charge >= 0.3 is 0 Å². The maximum absolute atomic E-state index is 2.64. The van der Waals surface area contributed by atoms with Crippen LogP contribution in [0.15, 0.2) is 140 Å². The highest BCUT2D eigenvalue weighted by Gasteiger charge is 2.22. The predicted molar refractivity (Wildman–Crippen MR) is 336 cm³/mol. The minimum Gasteiger partial charge on any atom is -0.310 e. The summed E-state index contributed by atoms with van der Waals surface area (Å²) in [6.45, 7) is 18.5. The van der Waals surface area contributed by atoms with Crippen LogP contribution in [0.2, 0.25) is 0 Å². The molecular weight excluding hydrogens is 915 g/mol. The molecule has 0 bridgehead atoms. The van der Waals surface area contributed by atoms with E-state index in [1.54, 1.807) is 0 Å². The molecule has 0 saturated heterocycles. The molecule has 402 valence electrons. The van der Waals surface area contributed by atoms with E-state index in [-0.39, 0.29) is 0 Å². The lowest BCUT2D eigenvalue weighted by molar-refractivity contribution is 0.661. The van der Waals surface area contributed by atoms with Gasteiger partial charge in [0.15, 0.2) is 0 Å². The fourth-order valence-electron chi connectivity index (χ4n) is 11.8. The molecule has 7 aromatic rings. The van der Waals surface area contributed by atoms with E-state index >= 15 is 0 Å². The van der Waals surface area contributed by atoms with Gasteiger partial charge in [-0.1, -0.05) is 240 Å². The van der Waals surface area contributed by atoms with Crippen LogP contribution in [0.1, 0.15) is 208 Å². The molecule has 1 nitrogen and oxygen atoms in total. The Morgan fingerprint density at radius 2 is 0.553 bits per heavy atom. The molecule has 0 atom stereocenters. The summed E-state index contributed by atoms with van der Waals surface area (Å²) in [5.74, 6) is 0. The van der Waals surface area contributed by atoms with Crippen LogP contribution < -0.4 is 4.90 Å². The van der Waals surface area contributed by atoms with E-state index in [2.05, 4.69) is 200 Å². The Morgan fingerprint density at radius 1 is 0.263 bits per heavy atom. The van der Waals surface area contributed by atoms with Gasteiger partial charge in [-0.3, -0.25) is 0 Å². The van der Waals surface area contributed by atoms with Gasteiger partial charge in [0.1, 0.15) is 0 Å². The summed E-state index contributed by atoms with van der Waals surface area (Å²) in [6.07, 6.45) is 31.0. The number of aryl methyl sites for hydroxylation is 8. The number of unbranched alkanes of at least 4 members (excludes halogenated alkanes) is 15. The Morgan fingerprint density at radius 3 is 0.882 bits per heavy atom. The fraction of sp³-hybridized carbons (Fsp3) is 0.440. The lowest BCUT2D eigenvalue weighted by Gasteiger charge is -2.31. The monoisotopic (exact) mass is 1010 g/mol. The zero-order valence-corrected chi connectivity index (χ0v) is 48.9. The molecule has 0 spiro atoms. The second-order valence-corrected chi connectivity index (χ2v) is 22.8. The summed E-state index contributed by atoms with van der Waals surface area (Å²) >= 11 is 0. The van der Waals surface area contributed by atoms with Crippen LogP contribution in [0.5, 0.6) is 0 Å². The minimum absolute atomic E-state index is 1.12. The van der Waals surface area contributed by atoms with Crippen molar-refractivity contribution in [2.75, 3.05) is 4.90 Å². The van der Waals surface area contributed by atoms with Crippen molar-refractivity contribution in [3.05, 3.63) is 184 Å². The van der Waals surface area contributed by atoms with Crippen LogP contribution in [0.4, 0.5) is 17.1 Å². The minimum atomic E-state index is 1.12. The summed E-state index contributed by atoms with van der Waals surface area (Å²) in [4.78, 5) is 2.64. The van der Waals surface area contributed by atoms with Crippen molar-refractivity contribution in [3.63, 3.8) is 0 Å². The number of anilines is 3. The zero-order valence-electron chi connectivity index (χ0n) is 48.9. The van der Waals surface area contributed by atoms with Crippen LogP contribution in [-0.2, 0) is 32.1 Å². The maximum Gasteiger partial charge on any atom is 0.0520 e. The number of benzene rings is 7. The first-order valence-electron chi connectivity index (χ1n) is 30.8. The van der Waals surface area contributed by atoms with Gasteiger partial charge in [-0.25, -0.2) is 0 Å². The number of hydrogen-bond acceptors (Lipinski definition) is 1. The zero-order chi connectivity index (χ0) is 53.5. The molecular formula is C75H97N. The molecule has 0 aliphatic heterocycles. The largest absolute Gasteiger partial charge is 0.310 e. The topological polar surface area (TPSA) is 3.24 Å². The quantitative estimate of drug-likeness (QED) is 0.0380. The summed E-state index contributed by atoms with van der Waals surface area (Å²) < 4.78 is 0. The van der Waals surface area contributed by atoms with Crippen LogP contribution in [0.3, 0.4) is 0 Å². The Labute approximate surface area is 464 Å². The smallest absolute Gasteiger partial charge is 0.0520 e. The fourth-order valence-corrected chi connectivity index (χ4v) is 11.8. The van der Waals surface area contributed by atoms with Gasteiger partial charge in [0.2, 0.25) is 0 Å². The van der Waals surface area contributed by atoms with Crippen molar-refractivity contribution < 1.29 is 0 Å².